The summed E-state index contributed by atoms with van der Waals surface area (Å²) in [7, 11) is -0.768. The molecule has 3 heteroatoms. The summed E-state index contributed by atoms with van der Waals surface area (Å²) in [6.07, 6.45) is 3.24. The van der Waals surface area contributed by atoms with Crippen molar-refractivity contribution in [2.75, 3.05) is 0 Å². The van der Waals surface area contributed by atoms with Gasteiger partial charge >= 0.3 is 0 Å². The van der Waals surface area contributed by atoms with Crippen LogP contribution in [-0.2, 0) is 10.8 Å². The van der Waals surface area contributed by atoms with Gasteiger partial charge in [-0.25, -0.2) is 0 Å². The van der Waals surface area contributed by atoms with Gasteiger partial charge in [0.05, 0.1) is 5.25 Å². The zero-order valence-electron chi connectivity index (χ0n) is 8.17. The van der Waals surface area contributed by atoms with Crippen molar-refractivity contribution in [3.8, 4) is 0 Å². The second kappa shape index (κ2) is 3.46. The average molecular weight is 189 g/mol. The Balaban J connectivity index is 2.64. The fraction of sp³-hybridized carbons (Fsp3) is 1.00. The predicted molar refractivity (Wildman–Crippen MR) is 53.5 cm³/mol. The summed E-state index contributed by atoms with van der Waals surface area (Å²) in [4.78, 5) is 0. The lowest BCUT2D eigenvalue weighted by atomic mass is 10.2. The van der Waals surface area contributed by atoms with Crippen molar-refractivity contribution in [3.05, 3.63) is 0 Å². The maximum absolute atomic E-state index is 11.9. The molecule has 3 unspecified atom stereocenters. The monoisotopic (exact) mass is 189 g/mol. The second-order valence-electron chi connectivity index (χ2n) is 4.54. The minimum atomic E-state index is -0.768. The van der Waals surface area contributed by atoms with Crippen molar-refractivity contribution in [2.45, 2.75) is 56.1 Å². The molecule has 2 N–H and O–H groups in total. The lowest BCUT2D eigenvalue weighted by molar-refractivity contribution is 0.616. The van der Waals surface area contributed by atoms with Crippen LogP contribution in [0.4, 0.5) is 0 Å². The highest BCUT2D eigenvalue weighted by atomic mass is 32.2. The van der Waals surface area contributed by atoms with E-state index in [-0.39, 0.29) is 16.0 Å². The largest absolute Gasteiger partial charge is 0.327 e. The molecule has 0 aromatic heterocycles. The smallest absolute Gasteiger partial charge is 0.0504 e. The van der Waals surface area contributed by atoms with E-state index in [1.54, 1.807) is 0 Å². The normalized spacial score (nSPS) is 33.7. The summed E-state index contributed by atoms with van der Waals surface area (Å²) in [5.41, 5.74) is 5.88. The molecular weight excluding hydrogens is 170 g/mol. The highest BCUT2D eigenvalue weighted by Crippen LogP contribution is 2.27. The molecule has 0 bridgehead atoms. The number of nitrogens with two attached hydrogens (primary N) is 1. The van der Waals surface area contributed by atoms with Crippen LogP contribution < -0.4 is 5.73 Å². The topological polar surface area (TPSA) is 43.1 Å². The Kier molecular flexibility index (Phi) is 2.94. The molecule has 1 aliphatic carbocycles. The summed E-state index contributed by atoms with van der Waals surface area (Å²) in [5.74, 6) is 0. The second-order valence-corrected chi connectivity index (χ2v) is 6.97. The zero-order chi connectivity index (χ0) is 9.35. The van der Waals surface area contributed by atoms with E-state index in [0.29, 0.717) is 0 Å². The minimum Gasteiger partial charge on any atom is -0.327 e. The van der Waals surface area contributed by atoms with Crippen LogP contribution in [-0.4, -0.2) is 20.2 Å². The van der Waals surface area contributed by atoms with E-state index in [0.717, 1.165) is 19.3 Å². The Bertz CT molecular complexity index is 185. The Morgan fingerprint density at radius 1 is 1.33 bits per heavy atom. The number of hydrogen-bond acceptors (Lipinski definition) is 2. The van der Waals surface area contributed by atoms with Crippen LogP contribution in [0.2, 0.25) is 0 Å². The summed E-state index contributed by atoms with van der Waals surface area (Å²) in [6.45, 7) is 6.07. The van der Waals surface area contributed by atoms with E-state index in [1.165, 1.54) is 0 Å². The first-order valence-electron chi connectivity index (χ1n) is 4.59. The SMILES string of the molecule is CC(C)(C)S(=O)C1CCCC1N. The highest BCUT2D eigenvalue weighted by Gasteiger charge is 2.34. The van der Waals surface area contributed by atoms with Crippen molar-refractivity contribution < 1.29 is 4.21 Å². The molecule has 1 rings (SSSR count). The van der Waals surface area contributed by atoms with Crippen LogP contribution in [0.25, 0.3) is 0 Å². The molecule has 0 aromatic carbocycles. The van der Waals surface area contributed by atoms with Crippen molar-refractivity contribution in [2.24, 2.45) is 5.73 Å². The zero-order valence-corrected chi connectivity index (χ0v) is 8.99. The van der Waals surface area contributed by atoms with Crippen LogP contribution in [0.3, 0.4) is 0 Å². The van der Waals surface area contributed by atoms with Gasteiger partial charge in [-0.15, -0.1) is 0 Å². The highest BCUT2D eigenvalue weighted by molar-refractivity contribution is 7.87. The molecule has 0 radical (unpaired) electrons. The Morgan fingerprint density at radius 3 is 2.25 bits per heavy atom. The number of rotatable bonds is 1. The average Bonchev–Trinajstić information content (AvgIpc) is 2.31. The summed E-state index contributed by atoms with van der Waals surface area (Å²) >= 11 is 0. The van der Waals surface area contributed by atoms with Crippen molar-refractivity contribution in [1.29, 1.82) is 0 Å². The fourth-order valence-electron chi connectivity index (χ4n) is 1.67. The first-order valence-corrected chi connectivity index (χ1v) is 5.80. The molecule has 0 aromatic rings. The molecule has 12 heavy (non-hydrogen) atoms. The van der Waals surface area contributed by atoms with E-state index in [1.807, 2.05) is 20.8 Å². The third kappa shape index (κ3) is 2.07. The predicted octanol–water partition coefficient (Wildman–Crippen LogP) is 1.41. The van der Waals surface area contributed by atoms with Crippen LogP contribution in [0.5, 0.6) is 0 Å². The maximum Gasteiger partial charge on any atom is 0.0504 e. The van der Waals surface area contributed by atoms with E-state index in [4.69, 9.17) is 5.73 Å². The van der Waals surface area contributed by atoms with Crippen LogP contribution in [0, 0.1) is 0 Å². The van der Waals surface area contributed by atoms with Crippen LogP contribution >= 0.6 is 0 Å². The molecule has 72 valence electrons. The van der Waals surface area contributed by atoms with E-state index >= 15 is 0 Å². The van der Waals surface area contributed by atoms with E-state index in [9.17, 15) is 4.21 Å². The summed E-state index contributed by atoms with van der Waals surface area (Å²) in [5, 5.41) is 0.241. The van der Waals surface area contributed by atoms with Crippen molar-refractivity contribution in [1.82, 2.24) is 0 Å². The number of hydrogen-bond donors (Lipinski definition) is 1. The quantitative estimate of drug-likeness (QED) is 0.678. The van der Waals surface area contributed by atoms with Gasteiger partial charge in [0, 0.05) is 21.6 Å². The lowest BCUT2D eigenvalue weighted by Gasteiger charge is -2.25. The fourth-order valence-corrected chi connectivity index (χ4v) is 3.42. The molecular formula is C9H19NOS. The first-order chi connectivity index (χ1) is 5.43. The van der Waals surface area contributed by atoms with E-state index < -0.39 is 10.8 Å². The van der Waals surface area contributed by atoms with Crippen LogP contribution in [0.15, 0.2) is 0 Å². The van der Waals surface area contributed by atoms with Gasteiger partial charge in [-0.3, -0.25) is 4.21 Å². The molecule has 0 amide bonds. The minimum absolute atomic E-state index is 0.105. The Hall–Kier alpha value is 0.110. The Labute approximate surface area is 77.4 Å². The molecule has 0 spiro atoms. The van der Waals surface area contributed by atoms with Crippen LogP contribution in [0.1, 0.15) is 40.0 Å². The molecule has 2 nitrogen and oxygen atoms in total. The third-order valence-electron chi connectivity index (χ3n) is 2.38. The Morgan fingerprint density at radius 2 is 1.92 bits per heavy atom. The summed E-state index contributed by atoms with van der Waals surface area (Å²) in [6, 6.07) is 0.171. The van der Waals surface area contributed by atoms with Gasteiger partial charge in [0.15, 0.2) is 0 Å². The van der Waals surface area contributed by atoms with Gasteiger partial charge in [0.25, 0.3) is 0 Å². The standard InChI is InChI=1S/C9H19NOS/c1-9(2,3)12(11)8-6-4-5-7(8)10/h7-8H,4-6,10H2,1-3H3. The summed E-state index contributed by atoms with van der Waals surface area (Å²) < 4.78 is 11.8. The van der Waals surface area contributed by atoms with Crippen molar-refractivity contribution in [3.63, 3.8) is 0 Å². The van der Waals surface area contributed by atoms with Gasteiger partial charge in [-0.2, -0.15) is 0 Å². The van der Waals surface area contributed by atoms with Gasteiger partial charge in [-0.1, -0.05) is 6.42 Å². The van der Waals surface area contributed by atoms with Gasteiger partial charge < -0.3 is 5.73 Å². The molecule has 1 fully saturated rings. The van der Waals surface area contributed by atoms with Gasteiger partial charge in [0.1, 0.15) is 0 Å². The lowest BCUT2D eigenvalue weighted by Crippen LogP contribution is -2.39. The van der Waals surface area contributed by atoms with E-state index in [2.05, 4.69) is 0 Å². The van der Waals surface area contributed by atoms with Gasteiger partial charge in [-0.05, 0) is 33.6 Å². The molecule has 0 saturated heterocycles. The third-order valence-corrected chi connectivity index (χ3v) is 4.72. The molecule has 1 aliphatic rings. The van der Waals surface area contributed by atoms with Crippen molar-refractivity contribution >= 4 is 10.8 Å². The van der Waals surface area contributed by atoms with Gasteiger partial charge in [0.2, 0.25) is 0 Å². The molecule has 0 aliphatic heterocycles. The maximum atomic E-state index is 11.9. The molecule has 3 atom stereocenters. The molecule has 0 heterocycles. The first kappa shape index (κ1) is 10.2. The molecule has 1 saturated carbocycles.